The third-order valence-electron chi connectivity index (χ3n) is 3.40. The lowest BCUT2D eigenvalue weighted by Gasteiger charge is -2.13. The van der Waals surface area contributed by atoms with Crippen molar-refractivity contribution in [3.8, 4) is 17.2 Å². The highest BCUT2D eigenvalue weighted by atomic mass is 31.1. The second kappa shape index (κ2) is 8.67. The van der Waals surface area contributed by atoms with Crippen molar-refractivity contribution in [1.82, 2.24) is 0 Å². The summed E-state index contributed by atoms with van der Waals surface area (Å²) in [6, 6.07) is 12.7. The van der Waals surface area contributed by atoms with Gasteiger partial charge in [-0.3, -0.25) is 4.79 Å². The van der Waals surface area contributed by atoms with Crippen molar-refractivity contribution in [1.29, 1.82) is 0 Å². The first-order valence-corrected chi connectivity index (χ1v) is 8.41. The lowest BCUT2D eigenvalue weighted by Crippen LogP contribution is -2.13. The monoisotopic (exact) mass is 348 g/mol. The molecule has 0 radical (unpaired) electrons. The molecule has 0 saturated heterocycles. The van der Waals surface area contributed by atoms with Gasteiger partial charge < -0.3 is 18.9 Å². The molecule has 6 heteroatoms. The van der Waals surface area contributed by atoms with E-state index in [1.807, 2.05) is 31.2 Å². The molecule has 2 aromatic carbocycles. The zero-order chi connectivity index (χ0) is 17.5. The molecule has 0 aliphatic heterocycles. The third-order valence-corrected chi connectivity index (χ3v) is 4.50. The Morgan fingerprint density at radius 3 is 2.04 bits per heavy atom. The maximum absolute atomic E-state index is 12.7. The van der Waals surface area contributed by atoms with Crippen LogP contribution in [-0.2, 0) is 4.74 Å². The predicted octanol–water partition coefficient (Wildman–Crippen LogP) is 3.22. The van der Waals surface area contributed by atoms with E-state index in [9.17, 15) is 4.79 Å². The molecule has 0 bridgehead atoms. The Balaban J connectivity index is 2.15. The molecule has 2 aromatic rings. The van der Waals surface area contributed by atoms with Crippen molar-refractivity contribution in [2.24, 2.45) is 0 Å². The van der Waals surface area contributed by atoms with Crippen LogP contribution in [0.15, 0.2) is 42.5 Å². The number of hydrogen-bond acceptors (Lipinski definition) is 5. The molecule has 5 nitrogen and oxygen atoms in total. The molecule has 0 aromatic heterocycles. The average Bonchev–Trinajstić information content (AvgIpc) is 2.62. The number of rotatable bonds is 8. The number of ether oxygens (including phenoxy) is 4. The smallest absolute Gasteiger partial charge is 0.196 e. The third kappa shape index (κ3) is 4.47. The van der Waals surface area contributed by atoms with E-state index in [4.69, 9.17) is 18.9 Å². The standard InChI is InChI=1S/C18H21O5P/c1-12(20-2)23-13-8-10-14(11-9-13)24-18(19)17-15(21-3)6-5-7-16(17)22-4/h5-12,24H,1-4H3. The molecule has 0 amide bonds. The van der Waals surface area contributed by atoms with Gasteiger partial charge in [0.05, 0.1) is 14.2 Å². The minimum absolute atomic E-state index is 0.0386. The SMILES string of the molecule is COc1cccc(OC)c1C(=O)Pc1ccc(OC(C)OC)cc1. The van der Waals surface area contributed by atoms with Crippen LogP contribution in [0, 0.1) is 0 Å². The van der Waals surface area contributed by atoms with Crippen molar-refractivity contribution in [3.05, 3.63) is 48.0 Å². The second-order valence-electron chi connectivity index (χ2n) is 4.94. The number of carbonyl (C=O) groups excluding carboxylic acids is 1. The van der Waals surface area contributed by atoms with Gasteiger partial charge in [0.1, 0.15) is 22.8 Å². The first-order valence-electron chi connectivity index (χ1n) is 7.41. The molecule has 0 aliphatic rings. The predicted molar refractivity (Wildman–Crippen MR) is 95.4 cm³/mol. The molecule has 2 unspecified atom stereocenters. The zero-order valence-electron chi connectivity index (χ0n) is 14.2. The molecule has 24 heavy (non-hydrogen) atoms. The van der Waals surface area contributed by atoms with Crippen LogP contribution >= 0.6 is 8.58 Å². The number of hydrogen-bond donors (Lipinski definition) is 0. The first kappa shape index (κ1) is 18.2. The van der Waals surface area contributed by atoms with Gasteiger partial charge in [0.25, 0.3) is 0 Å². The van der Waals surface area contributed by atoms with Crippen molar-refractivity contribution in [2.45, 2.75) is 13.2 Å². The van der Waals surface area contributed by atoms with Crippen LogP contribution in [0.2, 0.25) is 0 Å². The highest BCUT2D eigenvalue weighted by Crippen LogP contribution is 2.33. The van der Waals surface area contributed by atoms with Gasteiger partial charge in [0.15, 0.2) is 11.8 Å². The van der Waals surface area contributed by atoms with E-state index in [-0.39, 0.29) is 20.4 Å². The Hall–Kier alpha value is -2.10. The summed E-state index contributed by atoms with van der Waals surface area (Å²) in [5.41, 5.74) is 0.428. The summed E-state index contributed by atoms with van der Waals surface area (Å²) in [6.07, 6.45) is -0.322. The number of benzene rings is 2. The number of methoxy groups -OCH3 is 3. The van der Waals surface area contributed by atoms with Crippen molar-refractivity contribution in [3.63, 3.8) is 0 Å². The Morgan fingerprint density at radius 1 is 0.958 bits per heavy atom. The van der Waals surface area contributed by atoms with Gasteiger partial charge in [0, 0.05) is 7.11 Å². The summed E-state index contributed by atoms with van der Waals surface area (Å²) >= 11 is 0. The Bertz CT molecular complexity index is 662. The van der Waals surface area contributed by atoms with E-state index in [1.54, 1.807) is 25.3 Å². The maximum atomic E-state index is 12.7. The maximum Gasteiger partial charge on any atom is 0.196 e. The van der Waals surface area contributed by atoms with Crippen LogP contribution in [0.3, 0.4) is 0 Å². The van der Waals surface area contributed by atoms with Gasteiger partial charge in [-0.1, -0.05) is 18.2 Å². The minimum Gasteiger partial charge on any atom is -0.496 e. The molecular weight excluding hydrogens is 327 g/mol. The van der Waals surface area contributed by atoms with Gasteiger partial charge in [-0.15, -0.1) is 0 Å². The summed E-state index contributed by atoms with van der Waals surface area (Å²) in [5, 5.41) is 0.908. The van der Waals surface area contributed by atoms with Crippen LogP contribution in [-0.4, -0.2) is 33.1 Å². The Kier molecular flexibility index (Phi) is 6.59. The largest absolute Gasteiger partial charge is 0.496 e. The molecule has 0 aliphatic carbocycles. The van der Waals surface area contributed by atoms with Gasteiger partial charge in [-0.25, -0.2) is 0 Å². The van der Waals surface area contributed by atoms with E-state index >= 15 is 0 Å². The van der Waals surface area contributed by atoms with E-state index in [0.717, 1.165) is 5.30 Å². The fourth-order valence-electron chi connectivity index (χ4n) is 2.13. The molecule has 2 rings (SSSR count). The lowest BCUT2D eigenvalue weighted by molar-refractivity contribution is -0.0382. The number of carbonyl (C=O) groups is 1. The summed E-state index contributed by atoms with van der Waals surface area (Å²) in [6.45, 7) is 1.81. The fraction of sp³-hybridized carbons (Fsp3) is 0.278. The van der Waals surface area contributed by atoms with Crippen molar-refractivity contribution >= 4 is 19.4 Å². The molecule has 0 saturated carbocycles. The van der Waals surface area contributed by atoms with Gasteiger partial charge in [-0.2, -0.15) is 0 Å². The molecule has 0 heterocycles. The van der Waals surface area contributed by atoms with Crippen LogP contribution in [0.5, 0.6) is 17.2 Å². The topological polar surface area (TPSA) is 54.0 Å². The molecule has 0 spiro atoms. The fourth-order valence-corrected chi connectivity index (χ4v) is 3.09. The van der Waals surface area contributed by atoms with Gasteiger partial charge >= 0.3 is 0 Å². The Labute approximate surface area is 143 Å². The van der Waals surface area contributed by atoms with E-state index in [1.165, 1.54) is 14.2 Å². The minimum atomic E-state index is -0.322. The van der Waals surface area contributed by atoms with E-state index < -0.39 is 0 Å². The molecule has 2 atom stereocenters. The lowest BCUT2D eigenvalue weighted by atomic mass is 10.2. The van der Waals surface area contributed by atoms with Crippen LogP contribution in [0.4, 0.5) is 0 Å². The highest BCUT2D eigenvalue weighted by Gasteiger charge is 2.18. The molecule has 128 valence electrons. The highest BCUT2D eigenvalue weighted by molar-refractivity contribution is 7.66. The summed E-state index contributed by atoms with van der Waals surface area (Å²) in [4.78, 5) is 12.7. The van der Waals surface area contributed by atoms with Gasteiger partial charge in [-0.05, 0) is 45.1 Å². The first-order chi connectivity index (χ1) is 11.6. The van der Waals surface area contributed by atoms with E-state index in [0.29, 0.717) is 22.8 Å². The van der Waals surface area contributed by atoms with E-state index in [2.05, 4.69) is 0 Å². The van der Waals surface area contributed by atoms with Crippen molar-refractivity contribution < 1.29 is 23.7 Å². The van der Waals surface area contributed by atoms with Crippen LogP contribution in [0.1, 0.15) is 17.3 Å². The Morgan fingerprint density at radius 2 is 1.54 bits per heavy atom. The zero-order valence-corrected chi connectivity index (χ0v) is 15.2. The van der Waals surface area contributed by atoms with Gasteiger partial charge in [0.2, 0.25) is 0 Å². The molecule has 0 N–H and O–H groups in total. The summed E-state index contributed by atoms with van der Waals surface area (Å²) in [7, 11) is 4.62. The molecular formula is C18H21O5P. The second-order valence-corrected chi connectivity index (χ2v) is 6.22. The summed E-state index contributed by atoms with van der Waals surface area (Å²) in [5.74, 6) is 1.72. The van der Waals surface area contributed by atoms with Crippen molar-refractivity contribution in [2.75, 3.05) is 21.3 Å². The average molecular weight is 348 g/mol. The van der Waals surface area contributed by atoms with Crippen LogP contribution in [0.25, 0.3) is 0 Å². The quantitative estimate of drug-likeness (QED) is 0.542. The normalized spacial score (nSPS) is 12.2. The summed E-state index contributed by atoms with van der Waals surface area (Å²) < 4.78 is 21.2. The molecule has 0 fully saturated rings. The van der Waals surface area contributed by atoms with Crippen LogP contribution < -0.4 is 19.5 Å².